The molecule has 8 nitrogen and oxygen atoms in total. The van der Waals surface area contributed by atoms with Gasteiger partial charge in [0, 0.05) is 49.1 Å². The number of carbonyl (C=O) groups is 1. The van der Waals surface area contributed by atoms with Crippen LogP contribution in [-0.4, -0.2) is 33.3 Å². The molecule has 1 atom stereocenters. The first-order valence-electron chi connectivity index (χ1n) is 10.5. The van der Waals surface area contributed by atoms with Crippen LogP contribution in [-0.2, 0) is 11.8 Å². The summed E-state index contributed by atoms with van der Waals surface area (Å²) >= 11 is 0. The van der Waals surface area contributed by atoms with Crippen LogP contribution in [0.4, 0.5) is 5.69 Å². The first kappa shape index (κ1) is 21.2. The second kappa shape index (κ2) is 9.38. The van der Waals surface area contributed by atoms with Crippen molar-refractivity contribution in [3.05, 3.63) is 84.6 Å². The first-order valence-corrected chi connectivity index (χ1v) is 10.5. The summed E-state index contributed by atoms with van der Waals surface area (Å²) in [5.41, 5.74) is 16.5. The van der Waals surface area contributed by atoms with Gasteiger partial charge in [-0.3, -0.25) is 14.5 Å². The van der Waals surface area contributed by atoms with E-state index in [9.17, 15) is 4.79 Å². The summed E-state index contributed by atoms with van der Waals surface area (Å²) in [4.78, 5) is 19.1. The van der Waals surface area contributed by atoms with Gasteiger partial charge in [-0.2, -0.15) is 5.10 Å². The van der Waals surface area contributed by atoms with Crippen molar-refractivity contribution in [1.29, 1.82) is 0 Å². The van der Waals surface area contributed by atoms with Crippen LogP contribution in [0.5, 0.6) is 0 Å². The van der Waals surface area contributed by atoms with Crippen molar-refractivity contribution in [3.8, 4) is 11.3 Å². The van der Waals surface area contributed by atoms with Crippen molar-refractivity contribution in [3.63, 3.8) is 0 Å². The number of amides is 1. The van der Waals surface area contributed by atoms with Gasteiger partial charge >= 0.3 is 0 Å². The minimum atomic E-state index is -0.274. The Hall–Kier alpha value is -4.07. The van der Waals surface area contributed by atoms with Crippen LogP contribution in [0.25, 0.3) is 17.0 Å². The Kier molecular flexibility index (Phi) is 6.21. The molecule has 1 aliphatic heterocycles. The molecule has 3 heterocycles. The number of aromatic nitrogens is 3. The molecule has 0 radical (unpaired) electrons. The van der Waals surface area contributed by atoms with E-state index >= 15 is 0 Å². The number of carbonyl (C=O) groups excluding carboxylic acids is 1. The molecule has 0 aliphatic carbocycles. The number of nitrogens with zero attached hydrogens (tertiary/aromatic N) is 4. The van der Waals surface area contributed by atoms with Gasteiger partial charge in [-0.15, -0.1) is 0 Å². The molecule has 1 amide bonds. The molecule has 0 bridgehead atoms. The fraction of sp³-hybridized carbons (Fsp3) is 0.208. The maximum atomic E-state index is 12.9. The van der Waals surface area contributed by atoms with Crippen LogP contribution in [0.2, 0.25) is 0 Å². The topological polar surface area (TPSA) is 115 Å². The third-order valence-electron chi connectivity index (χ3n) is 5.58. The highest BCUT2D eigenvalue weighted by molar-refractivity contribution is 5.87. The lowest BCUT2D eigenvalue weighted by molar-refractivity contribution is -0.121. The summed E-state index contributed by atoms with van der Waals surface area (Å²) < 4.78 is 1.84. The molecular weight excluding hydrogens is 402 g/mol. The predicted molar refractivity (Wildman–Crippen MR) is 126 cm³/mol. The Labute approximate surface area is 187 Å². The number of aryl methyl sites for hydroxylation is 1. The van der Waals surface area contributed by atoms with Gasteiger partial charge in [0.25, 0.3) is 0 Å². The zero-order valence-corrected chi connectivity index (χ0v) is 18.0. The van der Waals surface area contributed by atoms with E-state index in [0.717, 1.165) is 41.9 Å². The van der Waals surface area contributed by atoms with Gasteiger partial charge in [0.2, 0.25) is 5.91 Å². The number of hydrogen-bond acceptors (Lipinski definition) is 6. The highest BCUT2D eigenvalue weighted by Crippen LogP contribution is 2.28. The fourth-order valence-electron chi connectivity index (χ4n) is 3.91. The van der Waals surface area contributed by atoms with Gasteiger partial charge in [0.05, 0.1) is 5.69 Å². The Morgan fingerprint density at radius 3 is 2.62 bits per heavy atom. The average molecular weight is 430 g/mol. The molecule has 1 aromatic carbocycles. The number of anilines is 1. The quantitative estimate of drug-likeness (QED) is 0.518. The molecule has 8 heteroatoms. The van der Waals surface area contributed by atoms with Crippen molar-refractivity contribution < 1.29 is 4.79 Å². The van der Waals surface area contributed by atoms with Gasteiger partial charge in [0.15, 0.2) is 0 Å². The van der Waals surface area contributed by atoms with Crippen molar-refractivity contribution in [2.75, 3.05) is 11.4 Å². The summed E-state index contributed by atoms with van der Waals surface area (Å²) in [7, 11) is 1.92. The first-order chi connectivity index (χ1) is 15.5. The average Bonchev–Trinajstić information content (AvgIpc) is 3.47. The second-order valence-corrected chi connectivity index (χ2v) is 7.71. The third kappa shape index (κ3) is 4.64. The van der Waals surface area contributed by atoms with Gasteiger partial charge in [-0.05, 0) is 60.9 Å². The largest absolute Gasteiger partial charge is 0.398 e. The highest BCUT2D eigenvalue weighted by Gasteiger charge is 2.31. The summed E-state index contributed by atoms with van der Waals surface area (Å²) in [5.74, 6) is 0.126. The minimum absolute atomic E-state index is 0.125. The molecule has 3 aromatic rings. The molecule has 164 valence electrons. The molecule has 5 N–H and O–H groups in total. The van der Waals surface area contributed by atoms with Crippen molar-refractivity contribution in [2.24, 2.45) is 18.5 Å². The maximum absolute atomic E-state index is 12.9. The molecule has 0 saturated carbocycles. The summed E-state index contributed by atoms with van der Waals surface area (Å²) in [6.45, 7) is 0.820. The normalized spacial score (nSPS) is 16.9. The van der Waals surface area contributed by atoms with Crippen LogP contribution in [0.3, 0.4) is 0 Å². The van der Waals surface area contributed by atoms with Crippen LogP contribution in [0, 0.1) is 0 Å². The van der Waals surface area contributed by atoms with Crippen molar-refractivity contribution in [2.45, 2.75) is 18.9 Å². The lowest BCUT2D eigenvalue weighted by Gasteiger charge is -2.26. The zero-order chi connectivity index (χ0) is 22.5. The van der Waals surface area contributed by atoms with Gasteiger partial charge in [-0.1, -0.05) is 12.1 Å². The van der Waals surface area contributed by atoms with E-state index in [1.165, 1.54) is 0 Å². The highest BCUT2D eigenvalue weighted by atomic mass is 16.2. The molecule has 1 saturated heterocycles. The second-order valence-electron chi connectivity index (χ2n) is 7.71. The standard InChI is InChI=1S/C24H27N7O/c1-30-21(12-14-28-30)17-6-8-19(9-7-17)31-15-3-5-22(31)24(32)29-23(26)11-10-20(25)18-4-2-13-27-16-18/h2,4,6-14,16,22H,3,5,15,25-26H2,1H3,(H,29,32)/b20-10-,23-11+/t22-/m0/s1. The SMILES string of the molecule is Cn1nccc1-c1ccc(N2CCC[C@H]2C(=O)N/C(N)=C/C=C(\N)c2cccnc2)cc1. The molecule has 2 aromatic heterocycles. The molecule has 1 fully saturated rings. The van der Waals surface area contributed by atoms with Crippen LogP contribution < -0.4 is 21.7 Å². The van der Waals surface area contributed by atoms with E-state index in [-0.39, 0.29) is 17.8 Å². The van der Waals surface area contributed by atoms with Gasteiger partial charge in [-0.25, -0.2) is 0 Å². The van der Waals surface area contributed by atoms with Crippen LogP contribution in [0.15, 0.2) is 79.0 Å². The van der Waals surface area contributed by atoms with E-state index in [4.69, 9.17) is 11.5 Å². The minimum Gasteiger partial charge on any atom is -0.398 e. The summed E-state index contributed by atoms with van der Waals surface area (Å²) in [6.07, 6.45) is 10.1. The van der Waals surface area contributed by atoms with Crippen LogP contribution in [0.1, 0.15) is 18.4 Å². The zero-order valence-electron chi connectivity index (χ0n) is 18.0. The van der Waals surface area contributed by atoms with Crippen LogP contribution >= 0.6 is 0 Å². The van der Waals surface area contributed by atoms with E-state index in [1.807, 2.05) is 42.1 Å². The number of nitrogens with one attached hydrogen (secondary N) is 1. The number of benzene rings is 1. The number of allylic oxidation sites excluding steroid dienone is 2. The van der Waals surface area contributed by atoms with E-state index in [2.05, 4.69) is 32.4 Å². The van der Waals surface area contributed by atoms with Gasteiger partial charge < -0.3 is 21.7 Å². The smallest absolute Gasteiger partial charge is 0.248 e. The Bertz CT molecular complexity index is 1130. The fourth-order valence-corrected chi connectivity index (χ4v) is 3.91. The summed E-state index contributed by atoms with van der Waals surface area (Å²) in [6, 6.07) is 13.6. The Morgan fingerprint density at radius 1 is 1.12 bits per heavy atom. The molecule has 32 heavy (non-hydrogen) atoms. The lowest BCUT2D eigenvalue weighted by Crippen LogP contribution is -2.44. The van der Waals surface area contributed by atoms with E-state index in [0.29, 0.717) is 5.70 Å². The number of pyridine rings is 1. The number of hydrogen-bond donors (Lipinski definition) is 3. The Balaban J connectivity index is 1.43. The number of nitrogens with two attached hydrogens (primary N) is 2. The lowest BCUT2D eigenvalue weighted by atomic mass is 10.1. The van der Waals surface area contributed by atoms with Crippen molar-refractivity contribution >= 4 is 17.3 Å². The van der Waals surface area contributed by atoms with E-state index in [1.54, 1.807) is 30.7 Å². The third-order valence-corrected chi connectivity index (χ3v) is 5.58. The Morgan fingerprint density at radius 2 is 1.94 bits per heavy atom. The van der Waals surface area contributed by atoms with Gasteiger partial charge in [0.1, 0.15) is 11.9 Å². The molecular formula is C24H27N7O. The summed E-state index contributed by atoms with van der Waals surface area (Å²) in [5, 5.41) is 7.02. The molecule has 1 aliphatic rings. The monoisotopic (exact) mass is 429 g/mol. The predicted octanol–water partition coefficient (Wildman–Crippen LogP) is 2.37. The van der Waals surface area contributed by atoms with E-state index < -0.39 is 0 Å². The molecule has 4 rings (SSSR count). The van der Waals surface area contributed by atoms with Crippen molar-refractivity contribution in [1.82, 2.24) is 20.1 Å². The number of rotatable bonds is 6. The maximum Gasteiger partial charge on any atom is 0.248 e. The molecule has 0 spiro atoms. The molecule has 0 unspecified atom stereocenters.